The van der Waals surface area contributed by atoms with E-state index >= 15 is 0 Å². The van der Waals surface area contributed by atoms with Crippen LogP contribution >= 0.6 is 0 Å². The quantitative estimate of drug-likeness (QED) is 0.816. The number of nitrogens with two attached hydrogens (primary N) is 1. The Morgan fingerprint density at radius 1 is 1.43 bits per heavy atom. The van der Waals surface area contributed by atoms with E-state index in [1.807, 2.05) is 0 Å². The Balaban J connectivity index is 2.14. The number of methoxy groups -OCH3 is 1. The number of rotatable bonds is 5. The van der Waals surface area contributed by atoms with E-state index in [1.165, 1.54) is 13.2 Å². The van der Waals surface area contributed by atoms with E-state index in [1.54, 1.807) is 6.07 Å². The Kier molecular flexibility index (Phi) is 4.93. The summed E-state index contributed by atoms with van der Waals surface area (Å²) in [5.41, 5.74) is 6.97. The molecule has 21 heavy (non-hydrogen) atoms. The van der Waals surface area contributed by atoms with Crippen LogP contribution in [0.2, 0.25) is 0 Å². The normalized spacial score (nSPS) is 21.0. The van der Waals surface area contributed by atoms with Crippen LogP contribution in [-0.4, -0.2) is 25.4 Å². The Labute approximate surface area is 125 Å². The van der Waals surface area contributed by atoms with Gasteiger partial charge in [-0.15, -0.1) is 0 Å². The van der Waals surface area contributed by atoms with Gasteiger partial charge >= 0.3 is 0 Å². The molecule has 4 nitrogen and oxygen atoms in total. The van der Waals surface area contributed by atoms with E-state index in [9.17, 15) is 4.39 Å². The first-order valence-corrected chi connectivity index (χ1v) is 7.57. The van der Waals surface area contributed by atoms with Gasteiger partial charge in [-0.25, -0.2) is 4.39 Å². The van der Waals surface area contributed by atoms with Crippen molar-refractivity contribution in [3.8, 4) is 5.75 Å². The van der Waals surface area contributed by atoms with Crippen LogP contribution in [0.25, 0.3) is 0 Å². The maximum Gasteiger partial charge on any atom is 0.167 e. The topological polar surface area (TPSA) is 56.5 Å². The van der Waals surface area contributed by atoms with Crippen molar-refractivity contribution in [3.63, 3.8) is 0 Å². The van der Waals surface area contributed by atoms with E-state index < -0.39 is 5.82 Å². The van der Waals surface area contributed by atoms with E-state index in [-0.39, 0.29) is 17.4 Å². The Hall–Kier alpha value is -1.49. The SMILES string of the molecule is CCC1(CC)CC(Nc2cc(OC)c(F)cc2N)CCO1. The van der Waals surface area contributed by atoms with Gasteiger partial charge in [-0.3, -0.25) is 0 Å². The van der Waals surface area contributed by atoms with Crippen LogP contribution in [0.15, 0.2) is 12.1 Å². The van der Waals surface area contributed by atoms with Gasteiger partial charge in [0.2, 0.25) is 0 Å². The Morgan fingerprint density at radius 3 is 2.76 bits per heavy atom. The van der Waals surface area contributed by atoms with E-state index in [4.69, 9.17) is 15.2 Å². The second kappa shape index (κ2) is 6.52. The van der Waals surface area contributed by atoms with Crippen LogP contribution in [0, 0.1) is 5.82 Å². The number of ether oxygens (including phenoxy) is 2. The molecule has 0 aromatic heterocycles. The zero-order chi connectivity index (χ0) is 15.5. The number of benzene rings is 1. The maximum absolute atomic E-state index is 13.6. The van der Waals surface area contributed by atoms with Crippen molar-refractivity contribution in [2.75, 3.05) is 24.8 Å². The van der Waals surface area contributed by atoms with Crippen LogP contribution in [0.3, 0.4) is 0 Å². The summed E-state index contributed by atoms with van der Waals surface area (Å²) in [4.78, 5) is 0. The minimum Gasteiger partial charge on any atom is -0.494 e. The Morgan fingerprint density at radius 2 is 2.14 bits per heavy atom. The van der Waals surface area contributed by atoms with Crippen LogP contribution in [0.1, 0.15) is 39.5 Å². The van der Waals surface area contributed by atoms with Gasteiger partial charge in [0.1, 0.15) is 0 Å². The molecule has 1 heterocycles. The lowest BCUT2D eigenvalue weighted by Gasteiger charge is -2.40. The van der Waals surface area contributed by atoms with Crippen LogP contribution < -0.4 is 15.8 Å². The first-order chi connectivity index (χ1) is 10.0. The molecule has 1 aliphatic rings. The highest BCUT2D eigenvalue weighted by Gasteiger charge is 2.34. The summed E-state index contributed by atoms with van der Waals surface area (Å²) in [5.74, 6) is -0.236. The summed E-state index contributed by atoms with van der Waals surface area (Å²) >= 11 is 0. The molecule has 3 N–H and O–H groups in total. The van der Waals surface area contributed by atoms with Crippen molar-refractivity contribution < 1.29 is 13.9 Å². The second-order valence-electron chi connectivity index (χ2n) is 5.65. The van der Waals surface area contributed by atoms with Crippen molar-refractivity contribution in [1.29, 1.82) is 0 Å². The summed E-state index contributed by atoms with van der Waals surface area (Å²) in [6.07, 6.45) is 3.83. The van der Waals surface area contributed by atoms with Gasteiger partial charge in [0.25, 0.3) is 0 Å². The molecule has 1 fully saturated rings. The first-order valence-electron chi connectivity index (χ1n) is 7.57. The molecule has 0 amide bonds. The number of anilines is 2. The second-order valence-corrected chi connectivity index (χ2v) is 5.65. The van der Waals surface area contributed by atoms with E-state index in [0.29, 0.717) is 5.69 Å². The minimum absolute atomic E-state index is 0.0607. The zero-order valence-corrected chi connectivity index (χ0v) is 13.0. The van der Waals surface area contributed by atoms with Crippen molar-refractivity contribution in [2.24, 2.45) is 0 Å². The van der Waals surface area contributed by atoms with E-state index in [2.05, 4.69) is 19.2 Å². The number of halogens is 1. The molecule has 1 aromatic carbocycles. The molecule has 1 aliphatic heterocycles. The summed E-state index contributed by atoms with van der Waals surface area (Å²) in [7, 11) is 1.45. The number of nitrogen functional groups attached to an aromatic ring is 1. The van der Waals surface area contributed by atoms with Crippen LogP contribution in [0.4, 0.5) is 15.8 Å². The van der Waals surface area contributed by atoms with Crippen molar-refractivity contribution >= 4 is 11.4 Å². The molecule has 1 aromatic rings. The third kappa shape index (κ3) is 3.40. The molecular formula is C16H25FN2O2. The summed E-state index contributed by atoms with van der Waals surface area (Å²) in [5, 5.41) is 3.42. The highest BCUT2D eigenvalue weighted by Crippen LogP contribution is 2.35. The molecule has 0 bridgehead atoms. The van der Waals surface area contributed by atoms with Gasteiger partial charge in [-0.1, -0.05) is 13.8 Å². The largest absolute Gasteiger partial charge is 0.494 e. The summed E-state index contributed by atoms with van der Waals surface area (Å²) in [6, 6.07) is 3.20. The maximum atomic E-state index is 13.6. The zero-order valence-electron chi connectivity index (χ0n) is 13.0. The molecule has 1 unspecified atom stereocenters. The summed E-state index contributed by atoms with van der Waals surface area (Å²) < 4.78 is 24.6. The van der Waals surface area contributed by atoms with Gasteiger partial charge in [-0.05, 0) is 25.7 Å². The lowest BCUT2D eigenvalue weighted by atomic mass is 9.86. The lowest BCUT2D eigenvalue weighted by molar-refractivity contribution is -0.0864. The molecule has 0 aliphatic carbocycles. The standard InChI is InChI=1S/C16H25FN2O2/c1-4-16(5-2)10-11(6-7-21-16)19-14-9-15(20-3)12(17)8-13(14)18/h8-9,11,19H,4-7,10,18H2,1-3H3. The molecular weight excluding hydrogens is 271 g/mol. The molecule has 118 valence electrons. The lowest BCUT2D eigenvalue weighted by Crippen LogP contribution is -2.43. The third-order valence-electron chi connectivity index (χ3n) is 4.47. The molecule has 0 radical (unpaired) electrons. The van der Waals surface area contributed by atoms with Gasteiger partial charge < -0.3 is 20.5 Å². The Bertz CT molecular complexity index is 489. The highest BCUT2D eigenvalue weighted by molar-refractivity contribution is 5.69. The number of hydrogen-bond donors (Lipinski definition) is 2. The smallest absolute Gasteiger partial charge is 0.167 e. The van der Waals surface area contributed by atoms with Gasteiger partial charge in [0.15, 0.2) is 11.6 Å². The first kappa shape index (κ1) is 15.9. The predicted octanol–water partition coefficient (Wildman–Crippen LogP) is 3.57. The minimum atomic E-state index is -0.441. The third-order valence-corrected chi connectivity index (χ3v) is 4.47. The fraction of sp³-hybridized carbons (Fsp3) is 0.625. The van der Waals surface area contributed by atoms with Crippen molar-refractivity contribution in [3.05, 3.63) is 17.9 Å². The van der Waals surface area contributed by atoms with Gasteiger partial charge in [0.05, 0.1) is 24.1 Å². The average Bonchev–Trinajstić information content (AvgIpc) is 2.50. The van der Waals surface area contributed by atoms with Crippen molar-refractivity contribution in [2.45, 2.75) is 51.2 Å². The van der Waals surface area contributed by atoms with Crippen LogP contribution in [0.5, 0.6) is 5.75 Å². The van der Waals surface area contributed by atoms with Crippen molar-refractivity contribution in [1.82, 2.24) is 0 Å². The van der Waals surface area contributed by atoms with Crippen LogP contribution in [-0.2, 0) is 4.74 Å². The molecule has 5 heteroatoms. The molecule has 0 spiro atoms. The average molecular weight is 296 g/mol. The molecule has 2 rings (SSSR count). The fourth-order valence-corrected chi connectivity index (χ4v) is 2.96. The van der Waals surface area contributed by atoms with E-state index in [0.717, 1.165) is 38.0 Å². The fourth-order valence-electron chi connectivity index (χ4n) is 2.96. The monoisotopic (exact) mass is 296 g/mol. The highest BCUT2D eigenvalue weighted by atomic mass is 19.1. The predicted molar refractivity (Wildman–Crippen MR) is 83.3 cm³/mol. The molecule has 1 atom stereocenters. The number of hydrogen-bond acceptors (Lipinski definition) is 4. The number of nitrogens with one attached hydrogen (secondary N) is 1. The summed E-state index contributed by atoms with van der Waals surface area (Å²) in [6.45, 7) is 5.04. The van der Waals surface area contributed by atoms with Gasteiger partial charge in [-0.2, -0.15) is 0 Å². The molecule has 0 saturated carbocycles. The molecule has 1 saturated heterocycles. The van der Waals surface area contributed by atoms with Gasteiger partial charge in [0, 0.05) is 24.8 Å².